The van der Waals surface area contributed by atoms with Crippen LogP contribution in [-0.2, 0) is 4.79 Å². The molecule has 0 aliphatic carbocycles. The fraction of sp³-hybridized carbons (Fsp3) is 0.263. The number of carbonyl (C=O) groups excluding carboxylic acids is 1. The van der Waals surface area contributed by atoms with Crippen LogP contribution in [0.3, 0.4) is 0 Å². The van der Waals surface area contributed by atoms with Gasteiger partial charge >= 0.3 is 0 Å². The van der Waals surface area contributed by atoms with Crippen molar-refractivity contribution in [2.24, 2.45) is 0 Å². The standard InChI is InChI=1S/C19H21N5O2/c1-12-10-13(2)18(14(3)11-12)21-19(26)15(4)24-17(25)7-6-16(22-24)23-9-5-8-20-23/h5-11,15H,1-4H3,(H,21,26). The van der Waals surface area contributed by atoms with Gasteiger partial charge in [-0.25, -0.2) is 9.36 Å². The van der Waals surface area contributed by atoms with Crippen molar-refractivity contribution in [1.29, 1.82) is 0 Å². The molecule has 0 aliphatic heterocycles. The summed E-state index contributed by atoms with van der Waals surface area (Å²) in [4.78, 5) is 24.9. The molecule has 0 aliphatic rings. The maximum Gasteiger partial charge on any atom is 0.267 e. The molecule has 1 amide bonds. The van der Waals surface area contributed by atoms with Crippen LogP contribution in [0.4, 0.5) is 5.69 Å². The van der Waals surface area contributed by atoms with Gasteiger partial charge in [0.15, 0.2) is 5.82 Å². The molecular formula is C19H21N5O2. The highest BCUT2D eigenvalue weighted by Gasteiger charge is 2.19. The zero-order valence-electron chi connectivity index (χ0n) is 15.2. The lowest BCUT2D eigenvalue weighted by atomic mass is 10.0. The van der Waals surface area contributed by atoms with Crippen molar-refractivity contribution in [3.8, 4) is 5.82 Å². The molecule has 1 aromatic carbocycles. The van der Waals surface area contributed by atoms with E-state index < -0.39 is 6.04 Å². The Morgan fingerprint density at radius 2 is 1.85 bits per heavy atom. The molecule has 3 aromatic rings. The van der Waals surface area contributed by atoms with Crippen LogP contribution in [0.1, 0.15) is 29.7 Å². The minimum atomic E-state index is -0.766. The number of benzene rings is 1. The average Bonchev–Trinajstić information content (AvgIpc) is 3.12. The molecule has 26 heavy (non-hydrogen) atoms. The molecule has 0 radical (unpaired) electrons. The van der Waals surface area contributed by atoms with E-state index in [1.807, 2.05) is 32.9 Å². The van der Waals surface area contributed by atoms with Crippen LogP contribution >= 0.6 is 0 Å². The van der Waals surface area contributed by atoms with Gasteiger partial charge in [0, 0.05) is 24.1 Å². The number of hydrogen-bond donors (Lipinski definition) is 1. The first kappa shape index (κ1) is 17.6. The zero-order chi connectivity index (χ0) is 18.8. The predicted octanol–water partition coefficient (Wildman–Crippen LogP) is 2.55. The second kappa shape index (κ2) is 6.95. The Labute approximate surface area is 151 Å². The van der Waals surface area contributed by atoms with Gasteiger partial charge in [-0.15, -0.1) is 5.10 Å². The predicted molar refractivity (Wildman–Crippen MR) is 99.6 cm³/mol. The maximum atomic E-state index is 12.7. The summed E-state index contributed by atoms with van der Waals surface area (Å²) in [6, 6.07) is 7.97. The van der Waals surface area contributed by atoms with Crippen molar-refractivity contribution in [3.63, 3.8) is 0 Å². The summed E-state index contributed by atoms with van der Waals surface area (Å²) in [5, 5.41) is 11.3. The molecule has 2 aromatic heterocycles. The number of amides is 1. The summed E-state index contributed by atoms with van der Waals surface area (Å²) in [5.74, 6) is 0.171. The van der Waals surface area contributed by atoms with Crippen LogP contribution < -0.4 is 10.9 Å². The summed E-state index contributed by atoms with van der Waals surface area (Å²) < 4.78 is 2.71. The molecular weight excluding hydrogens is 330 g/mol. The first-order valence-electron chi connectivity index (χ1n) is 8.35. The third kappa shape index (κ3) is 3.42. The van der Waals surface area contributed by atoms with E-state index >= 15 is 0 Å². The van der Waals surface area contributed by atoms with Crippen LogP contribution in [-0.4, -0.2) is 25.5 Å². The van der Waals surface area contributed by atoms with Gasteiger partial charge in [-0.05, 0) is 51.0 Å². The SMILES string of the molecule is Cc1cc(C)c(NC(=O)C(C)n2nc(-n3cccn3)ccc2=O)c(C)c1. The van der Waals surface area contributed by atoms with Gasteiger partial charge < -0.3 is 5.32 Å². The van der Waals surface area contributed by atoms with Gasteiger partial charge in [0.25, 0.3) is 5.56 Å². The van der Waals surface area contributed by atoms with Crippen molar-refractivity contribution in [1.82, 2.24) is 19.6 Å². The van der Waals surface area contributed by atoms with Gasteiger partial charge in [-0.3, -0.25) is 9.59 Å². The van der Waals surface area contributed by atoms with Crippen LogP contribution in [0.15, 0.2) is 47.5 Å². The lowest BCUT2D eigenvalue weighted by Gasteiger charge is -2.17. The molecule has 3 rings (SSSR count). The normalized spacial score (nSPS) is 12.0. The topological polar surface area (TPSA) is 81.8 Å². The zero-order valence-corrected chi connectivity index (χ0v) is 15.2. The van der Waals surface area contributed by atoms with Crippen molar-refractivity contribution in [2.75, 3.05) is 5.32 Å². The van der Waals surface area contributed by atoms with Crippen molar-refractivity contribution >= 4 is 11.6 Å². The number of hydrogen-bond acceptors (Lipinski definition) is 4. The summed E-state index contributed by atoms with van der Waals surface area (Å²) in [7, 11) is 0. The molecule has 2 heterocycles. The fourth-order valence-electron chi connectivity index (χ4n) is 2.94. The van der Waals surface area contributed by atoms with Crippen LogP contribution in [0.25, 0.3) is 5.82 Å². The van der Waals surface area contributed by atoms with Crippen LogP contribution in [0.2, 0.25) is 0 Å². The van der Waals surface area contributed by atoms with E-state index in [0.29, 0.717) is 5.82 Å². The quantitative estimate of drug-likeness (QED) is 0.783. The number of nitrogens with zero attached hydrogens (tertiary/aromatic N) is 4. The molecule has 0 fully saturated rings. The second-order valence-electron chi connectivity index (χ2n) is 6.36. The molecule has 1 unspecified atom stereocenters. The third-order valence-corrected chi connectivity index (χ3v) is 4.22. The minimum absolute atomic E-state index is 0.299. The number of carbonyl (C=O) groups is 1. The Morgan fingerprint density at radius 1 is 1.15 bits per heavy atom. The Hall–Kier alpha value is -3.22. The van der Waals surface area contributed by atoms with Crippen molar-refractivity contribution < 1.29 is 4.79 Å². The third-order valence-electron chi connectivity index (χ3n) is 4.22. The smallest absolute Gasteiger partial charge is 0.267 e. The molecule has 1 N–H and O–H groups in total. The van der Waals surface area contributed by atoms with E-state index in [0.717, 1.165) is 22.4 Å². The molecule has 134 valence electrons. The van der Waals surface area contributed by atoms with Gasteiger partial charge in [0.1, 0.15) is 6.04 Å². The molecule has 7 nitrogen and oxygen atoms in total. The Bertz CT molecular complexity index is 982. The molecule has 0 spiro atoms. The summed E-state index contributed by atoms with van der Waals surface area (Å²) in [5.41, 5.74) is 3.52. The van der Waals surface area contributed by atoms with E-state index in [1.165, 1.54) is 15.4 Å². The van der Waals surface area contributed by atoms with Crippen LogP contribution in [0.5, 0.6) is 0 Å². The lowest BCUT2D eigenvalue weighted by Crippen LogP contribution is -2.34. The Kier molecular flexibility index (Phi) is 4.71. The molecule has 1 atom stereocenters. The van der Waals surface area contributed by atoms with Crippen molar-refractivity contribution in [2.45, 2.75) is 33.7 Å². The van der Waals surface area contributed by atoms with E-state index in [9.17, 15) is 9.59 Å². The highest BCUT2D eigenvalue weighted by atomic mass is 16.2. The van der Waals surface area contributed by atoms with Gasteiger partial charge in [-0.1, -0.05) is 17.7 Å². The highest BCUT2D eigenvalue weighted by Crippen LogP contribution is 2.22. The second-order valence-corrected chi connectivity index (χ2v) is 6.36. The first-order valence-corrected chi connectivity index (χ1v) is 8.35. The van der Waals surface area contributed by atoms with E-state index in [1.54, 1.807) is 31.5 Å². The summed E-state index contributed by atoms with van der Waals surface area (Å²) in [6.07, 6.45) is 3.34. The van der Waals surface area contributed by atoms with E-state index in [4.69, 9.17) is 0 Å². The number of aromatic nitrogens is 4. The molecule has 0 saturated carbocycles. The fourth-order valence-corrected chi connectivity index (χ4v) is 2.94. The molecule has 0 bridgehead atoms. The van der Waals surface area contributed by atoms with E-state index in [-0.39, 0.29) is 11.5 Å². The number of anilines is 1. The minimum Gasteiger partial charge on any atom is -0.324 e. The first-order chi connectivity index (χ1) is 12.4. The highest BCUT2D eigenvalue weighted by molar-refractivity contribution is 5.94. The number of rotatable bonds is 4. The Balaban J connectivity index is 1.90. The van der Waals surface area contributed by atoms with Gasteiger partial charge in [0.2, 0.25) is 5.91 Å². The number of nitrogens with one attached hydrogen (secondary N) is 1. The summed E-state index contributed by atoms with van der Waals surface area (Å²) in [6.45, 7) is 7.56. The van der Waals surface area contributed by atoms with Crippen LogP contribution in [0, 0.1) is 20.8 Å². The van der Waals surface area contributed by atoms with Crippen molar-refractivity contribution in [3.05, 3.63) is 69.8 Å². The Morgan fingerprint density at radius 3 is 2.46 bits per heavy atom. The summed E-state index contributed by atoms with van der Waals surface area (Å²) >= 11 is 0. The van der Waals surface area contributed by atoms with Gasteiger partial charge in [0.05, 0.1) is 0 Å². The maximum absolute atomic E-state index is 12.7. The largest absolute Gasteiger partial charge is 0.324 e. The average molecular weight is 351 g/mol. The molecule has 7 heteroatoms. The van der Waals surface area contributed by atoms with E-state index in [2.05, 4.69) is 15.5 Å². The monoisotopic (exact) mass is 351 g/mol. The molecule has 0 saturated heterocycles. The number of aryl methyl sites for hydroxylation is 3. The van der Waals surface area contributed by atoms with Gasteiger partial charge in [-0.2, -0.15) is 5.10 Å². The lowest BCUT2D eigenvalue weighted by molar-refractivity contribution is -0.119.